The third kappa shape index (κ3) is 3.77. The highest BCUT2D eigenvalue weighted by Gasteiger charge is 2.45. The van der Waals surface area contributed by atoms with E-state index >= 15 is 0 Å². The number of benzene rings is 2. The molecule has 1 N–H and O–H groups in total. The maximum absolute atomic E-state index is 12.8. The summed E-state index contributed by atoms with van der Waals surface area (Å²) in [4.78, 5) is 29.1. The third-order valence-corrected chi connectivity index (χ3v) is 4.81. The van der Waals surface area contributed by atoms with Crippen molar-refractivity contribution in [2.24, 2.45) is 0 Å². The van der Waals surface area contributed by atoms with Crippen molar-refractivity contribution < 1.29 is 19.4 Å². The van der Waals surface area contributed by atoms with Crippen molar-refractivity contribution in [3.05, 3.63) is 71.3 Å². The second-order valence-electron chi connectivity index (χ2n) is 6.93. The molecule has 2 aromatic rings. The Morgan fingerprint density at radius 2 is 1.71 bits per heavy atom. The molecule has 0 spiro atoms. The summed E-state index contributed by atoms with van der Waals surface area (Å²) in [6, 6.07) is 15.4. The van der Waals surface area contributed by atoms with Gasteiger partial charge in [-0.15, -0.1) is 0 Å². The summed E-state index contributed by atoms with van der Waals surface area (Å²) in [6.07, 6.45) is 0. The summed E-state index contributed by atoms with van der Waals surface area (Å²) in [6.45, 7) is 0.995. The van der Waals surface area contributed by atoms with Crippen LogP contribution < -0.4 is 4.74 Å². The molecule has 6 heteroatoms. The fourth-order valence-electron chi connectivity index (χ4n) is 3.30. The number of carbonyl (C=O) groups is 2. The summed E-state index contributed by atoms with van der Waals surface area (Å²) < 4.78 is 5.14. The van der Waals surface area contributed by atoms with Crippen LogP contribution in [0, 0.1) is 0 Å². The van der Waals surface area contributed by atoms with Crippen LogP contribution in [0.2, 0.25) is 0 Å². The fourth-order valence-corrected chi connectivity index (χ4v) is 3.30. The van der Waals surface area contributed by atoms with Crippen LogP contribution in [0.5, 0.6) is 5.75 Å². The first-order valence-electron chi connectivity index (χ1n) is 9.06. The van der Waals surface area contributed by atoms with Crippen LogP contribution in [0.3, 0.4) is 0 Å². The average molecular weight is 380 g/mol. The number of hydrogen-bond donors (Lipinski definition) is 1. The molecule has 0 radical (unpaired) electrons. The molecule has 1 aliphatic heterocycles. The lowest BCUT2D eigenvalue weighted by Crippen LogP contribution is -2.35. The molecule has 0 aliphatic carbocycles. The highest BCUT2D eigenvalue weighted by atomic mass is 16.5. The maximum Gasteiger partial charge on any atom is 0.295 e. The van der Waals surface area contributed by atoms with Crippen LogP contribution in [0.4, 0.5) is 0 Å². The van der Waals surface area contributed by atoms with Crippen LogP contribution in [0.25, 0.3) is 5.76 Å². The van der Waals surface area contributed by atoms with E-state index < -0.39 is 17.7 Å². The molecule has 0 saturated carbocycles. The van der Waals surface area contributed by atoms with E-state index in [1.807, 2.05) is 49.3 Å². The van der Waals surface area contributed by atoms with Gasteiger partial charge in [0.1, 0.15) is 11.5 Å². The number of Topliss-reactive ketones (excluding diaryl/α,β-unsaturated/α-hetero) is 1. The number of methoxy groups -OCH3 is 1. The van der Waals surface area contributed by atoms with Gasteiger partial charge in [0.2, 0.25) is 0 Å². The zero-order chi connectivity index (χ0) is 20.3. The predicted octanol–water partition coefficient (Wildman–Crippen LogP) is 2.68. The Balaban J connectivity index is 2.10. The number of ketones is 1. The molecule has 1 atom stereocenters. The topological polar surface area (TPSA) is 70.1 Å². The number of aliphatic hydroxyl groups excluding tert-OH is 1. The summed E-state index contributed by atoms with van der Waals surface area (Å²) in [5, 5.41) is 10.9. The quantitative estimate of drug-likeness (QED) is 0.474. The lowest BCUT2D eigenvalue weighted by molar-refractivity contribution is -0.140. The number of likely N-dealkylation sites (N-methyl/N-ethyl adjacent to an activating group) is 1. The predicted molar refractivity (Wildman–Crippen MR) is 107 cm³/mol. The number of aliphatic hydroxyl groups is 1. The molecule has 1 heterocycles. The molecule has 1 unspecified atom stereocenters. The second kappa shape index (κ2) is 8.27. The van der Waals surface area contributed by atoms with Gasteiger partial charge >= 0.3 is 0 Å². The first kappa shape index (κ1) is 19.6. The Bertz CT molecular complexity index is 889. The SMILES string of the molecule is COc1ccc(/C(O)=C2\C(=O)C(=O)N(CCN(C)C)C2c2ccccc2)cc1. The van der Waals surface area contributed by atoms with Crippen molar-refractivity contribution in [2.75, 3.05) is 34.3 Å². The molecule has 28 heavy (non-hydrogen) atoms. The number of ether oxygens (including phenoxy) is 1. The van der Waals surface area contributed by atoms with Gasteiger partial charge in [-0.05, 0) is 43.9 Å². The van der Waals surface area contributed by atoms with Crippen molar-refractivity contribution in [1.29, 1.82) is 0 Å². The van der Waals surface area contributed by atoms with E-state index in [2.05, 4.69) is 0 Å². The monoisotopic (exact) mass is 380 g/mol. The van der Waals surface area contributed by atoms with Crippen LogP contribution in [-0.4, -0.2) is 60.9 Å². The molecule has 1 aliphatic rings. The van der Waals surface area contributed by atoms with Crippen molar-refractivity contribution in [3.63, 3.8) is 0 Å². The molecule has 1 fully saturated rings. The summed E-state index contributed by atoms with van der Waals surface area (Å²) >= 11 is 0. The standard InChI is InChI=1S/C22H24N2O4/c1-23(2)13-14-24-19(15-7-5-4-6-8-15)18(21(26)22(24)27)20(25)16-9-11-17(28-3)12-10-16/h4-12,19,25H,13-14H2,1-3H3/b20-18+. The minimum absolute atomic E-state index is 0.111. The van der Waals surface area contributed by atoms with Gasteiger partial charge in [-0.1, -0.05) is 30.3 Å². The highest BCUT2D eigenvalue weighted by molar-refractivity contribution is 6.46. The smallest absolute Gasteiger partial charge is 0.295 e. The van der Waals surface area contributed by atoms with Gasteiger partial charge in [0.15, 0.2) is 0 Å². The molecule has 3 rings (SSSR count). The van der Waals surface area contributed by atoms with Crippen LogP contribution in [-0.2, 0) is 9.59 Å². The Morgan fingerprint density at radius 1 is 1.07 bits per heavy atom. The minimum Gasteiger partial charge on any atom is -0.507 e. The second-order valence-corrected chi connectivity index (χ2v) is 6.93. The molecule has 2 aromatic carbocycles. The minimum atomic E-state index is -0.666. The van der Waals surface area contributed by atoms with E-state index in [9.17, 15) is 14.7 Å². The molecule has 1 amide bonds. The van der Waals surface area contributed by atoms with Crippen molar-refractivity contribution in [2.45, 2.75) is 6.04 Å². The molecule has 146 valence electrons. The number of carbonyl (C=O) groups excluding carboxylic acids is 2. The highest BCUT2D eigenvalue weighted by Crippen LogP contribution is 2.39. The van der Waals surface area contributed by atoms with Gasteiger partial charge < -0.3 is 19.6 Å². The van der Waals surface area contributed by atoms with Gasteiger partial charge in [0.05, 0.1) is 18.7 Å². The largest absolute Gasteiger partial charge is 0.507 e. The molecular weight excluding hydrogens is 356 g/mol. The number of likely N-dealkylation sites (tertiary alicyclic amines) is 1. The number of nitrogens with zero attached hydrogens (tertiary/aromatic N) is 2. The molecular formula is C22H24N2O4. The Morgan fingerprint density at radius 3 is 2.29 bits per heavy atom. The number of rotatable bonds is 6. The van der Waals surface area contributed by atoms with Gasteiger partial charge in [-0.3, -0.25) is 9.59 Å². The summed E-state index contributed by atoms with van der Waals surface area (Å²) in [7, 11) is 5.37. The molecule has 6 nitrogen and oxygen atoms in total. The maximum atomic E-state index is 12.8. The van der Waals surface area contributed by atoms with E-state index in [-0.39, 0.29) is 11.3 Å². The van der Waals surface area contributed by atoms with Gasteiger partial charge in [-0.25, -0.2) is 0 Å². The van der Waals surface area contributed by atoms with E-state index in [1.165, 1.54) is 4.90 Å². The average Bonchev–Trinajstić information content (AvgIpc) is 2.97. The van der Waals surface area contributed by atoms with Crippen LogP contribution in [0.1, 0.15) is 17.2 Å². The van der Waals surface area contributed by atoms with E-state index in [4.69, 9.17) is 4.74 Å². The zero-order valence-corrected chi connectivity index (χ0v) is 16.3. The molecule has 0 bridgehead atoms. The Hall–Kier alpha value is -3.12. The first-order valence-corrected chi connectivity index (χ1v) is 9.06. The van der Waals surface area contributed by atoms with E-state index in [0.717, 1.165) is 5.56 Å². The van der Waals surface area contributed by atoms with Crippen LogP contribution in [0.15, 0.2) is 60.2 Å². The normalized spacial score (nSPS) is 18.7. The van der Waals surface area contributed by atoms with E-state index in [1.54, 1.807) is 31.4 Å². The van der Waals surface area contributed by atoms with Gasteiger partial charge in [0, 0.05) is 18.7 Å². The van der Waals surface area contributed by atoms with Crippen molar-refractivity contribution in [3.8, 4) is 5.75 Å². The van der Waals surface area contributed by atoms with Crippen molar-refractivity contribution >= 4 is 17.4 Å². The number of hydrogen-bond acceptors (Lipinski definition) is 5. The Kier molecular flexibility index (Phi) is 5.80. The third-order valence-electron chi connectivity index (χ3n) is 4.81. The lowest BCUT2D eigenvalue weighted by atomic mass is 9.95. The summed E-state index contributed by atoms with van der Waals surface area (Å²) in [5.41, 5.74) is 1.36. The van der Waals surface area contributed by atoms with Gasteiger partial charge in [-0.2, -0.15) is 0 Å². The fraction of sp³-hybridized carbons (Fsp3) is 0.273. The lowest BCUT2D eigenvalue weighted by Gasteiger charge is -2.26. The molecule has 0 aromatic heterocycles. The van der Waals surface area contributed by atoms with E-state index in [0.29, 0.717) is 24.4 Å². The summed E-state index contributed by atoms with van der Waals surface area (Å²) in [5.74, 6) is -0.795. The van der Waals surface area contributed by atoms with Crippen LogP contribution >= 0.6 is 0 Å². The van der Waals surface area contributed by atoms with Gasteiger partial charge in [0.25, 0.3) is 11.7 Å². The Labute approximate surface area is 164 Å². The first-order chi connectivity index (χ1) is 13.4. The molecule has 1 saturated heterocycles. The number of amides is 1. The van der Waals surface area contributed by atoms with Crippen molar-refractivity contribution in [1.82, 2.24) is 9.80 Å². The zero-order valence-electron chi connectivity index (χ0n) is 16.3.